The van der Waals surface area contributed by atoms with Crippen LogP contribution in [0, 0.1) is 5.92 Å². The Balaban J connectivity index is 1.74. The lowest BCUT2D eigenvalue weighted by Crippen LogP contribution is -2.44. The van der Waals surface area contributed by atoms with Crippen LogP contribution in [0.2, 0.25) is 0 Å². The molecule has 0 bridgehead atoms. The average molecular weight is 396 g/mol. The molecule has 3 rings (SSSR count). The van der Waals surface area contributed by atoms with Crippen molar-refractivity contribution >= 4 is 11.8 Å². The van der Waals surface area contributed by atoms with Crippen molar-refractivity contribution < 1.29 is 9.59 Å². The van der Waals surface area contributed by atoms with Gasteiger partial charge in [-0.1, -0.05) is 50.1 Å². The van der Waals surface area contributed by atoms with Gasteiger partial charge in [0.1, 0.15) is 0 Å². The Morgan fingerprint density at radius 2 is 1.72 bits per heavy atom. The first-order valence-corrected chi connectivity index (χ1v) is 10.8. The molecular weight excluding hydrogens is 362 g/mol. The minimum atomic E-state index is 0.00912. The van der Waals surface area contributed by atoms with Crippen LogP contribution in [0.25, 0.3) is 0 Å². The second kappa shape index (κ2) is 10.3. The molecule has 29 heavy (non-hydrogen) atoms. The van der Waals surface area contributed by atoms with Crippen molar-refractivity contribution in [2.75, 3.05) is 13.1 Å². The predicted octanol–water partition coefficient (Wildman–Crippen LogP) is 3.98. The minimum absolute atomic E-state index is 0.00912. The number of rotatable bonds is 9. The highest BCUT2D eigenvalue weighted by Gasteiger charge is 2.29. The fraction of sp³-hybridized carbons (Fsp3) is 0.500. The topological polar surface area (TPSA) is 45.6 Å². The molecule has 1 heterocycles. The van der Waals surface area contributed by atoms with Gasteiger partial charge in [0.15, 0.2) is 0 Å². The number of amides is 2. The first-order valence-electron chi connectivity index (χ1n) is 10.8. The standard InChI is InChI=1S/C24H33N3O2/c1-3-15-26(24(29)21-12-7-8-13-21)19-23(28)27(17-20-10-5-4-6-11-20)18-22-14-9-16-25(22)2/h4-6,9-11,14,16,21H,3,7-8,12-13,15,17-19H2,1-2H3. The lowest BCUT2D eigenvalue weighted by atomic mass is 10.1. The molecule has 1 aromatic heterocycles. The molecule has 1 fully saturated rings. The van der Waals surface area contributed by atoms with E-state index in [9.17, 15) is 9.59 Å². The molecule has 156 valence electrons. The Morgan fingerprint density at radius 1 is 1.00 bits per heavy atom. The third kappa shape index (κ3) is 5.72. The molecule has 0 unspecified atom stereocenters. The summed E-state index contributed by atoms with van der Waals surface area (Å²) in [5.41, 5.74) is 2.18. The van der Waals surface area contributed by atoms with Gasteiger partial charge in [-0.2, -0.15) is 0 Å². The van der Waals surface area contributed by atoms with E-state index in [1.54, 1.807) is 4.90 Å². The Bertz CT molecular complexity index is 793. The highest BCUT2D eigenvalue weighted by molar-refractivity contribution is 5.86. The SMILES string of the molecule is CCCN(CC(=O)N(Cc1ccccc1)Cc1cccn1C)C(=O)C1CCCC1. The summed E-state index contributed by atoms with van der Waals surface area (Å²) in [7, 11) is 1.99. The molecule has 0 N–H and O–H groups in total. The van der Waals surface area contributed by atoms with Crippen molar-refractivity contribution in [2.24, 2.45) is 13.0 Å². The molecule has 0 atom stereocenters. The van der Waals surface area contributed by atoms with Gasteiger partial charge in [-0.3, -0.25) is 9.59 Å². The number of hydrogen-bond acceptors (Lipinski definition) is 2. The first-order chi connectivity index (χ1) is 14.1. The van der Waals surface area contributed by atoms with Crippen LogP contribution < -0.4 is 0 Å². The zero-order valence-electron chi connectivity index (χ0n) is 17.7. The number of carbonyl (C=O) groups is 2. The highest BCUT2D eigenvalue weighted by atomic mass is 16.2. The third-order valence-electron chi connectivity index (χ3n) is 5.81. The van der Waals surface area contributed by atoms with Gasteiger partial charge in [0.05, 0.1) is 13.1 Å². The first kappa shape index (κ1) is 21.2. The number of hydrogen-bond donors (Lipinski definition) is 0. The molecule has 2 amide bonds. The number of aryl methyl sites for hydroxylation is 1. The van der Waals surface area contributed by atoms with Gasteiger partial charge in [-0.25, -0.2) is 0 Å². The molecular formula is C24H33N3O2. The summed E-state index contributed by atoms with van der Waals surface area (Å²) in [5.74, 6) is 0.274. The van der Waals surface area contributed by atoms with Crippen molar-refractivity contribution in [1.29, 1.82) is 0 Å². The van der Waals surface area contributed by atoms with Crippen molar-refractivity contribution in [1.82, 2.24) is 14.4 Å². The van der Waals surface area contributed by atoms with Crippen molar-refractivity contribution in [3.8, 4) is 0 Å². The van der Waals surface area contributed by atoms with Crippen LogP contribution in [0.3, 0.4) is 0 Å². The lowest BCUT2D eigenvalue weighted by molar-refractivity contribution is -0.143. The normalized spacial score (nSPS) is 14.1. The fourth-order valence-electron chi connectivity index (χ4n) is 4.12. The van der Waals surface area contributed by atoms with E-state index < -0.39 is 0 Å². The summed E-state index contributed by atoms with van der Waals surface area (Å²) >= 11 is 0. The third-order valence-corrected chi connectivity index (χ3v) is 5.81. The van der Waals surface area contributed by atoms with E-state index in [2.05, 4.69) is 6.92 Å². The van der Waals surface area contributed by atoms with Gasteiger partial charge in [0.2, 0.25) is 11.8 Å². The van der Waals surface area contributed by atoms with E-state index in [-0.39, 0.29) is 24.3 Å². The second-order valence-corrected chi connectivity index (χ2v) is 8.09. The average Bonchev–Trinajstić information content (AvgIpc) is 3.40. The van der Waals surface area contributed by atoms with Crippen molar-refractivity contribution in [3.63, 3.8) is 0 Å². The van der Waals surface area contributed by atoms with Crippen LogP contribution in [-0.2, 0) is 29.7 Å². The van der Waals surface area contributed by atoms with E-state index in [1.807, 2.05) is 65.2 Å². The number of aromatic nitrogens is 1. The molecule has 1 saturated carbocycles. The van der Waals surface area contributed by atoms with Gasteiger partial charge < -0.3 is 14.4 Å². The van der Waals surface area contributed by atoms with Crippen LogP contribution in [-0.4, -0.2) is 39.3 Å². The summed E-state index contributed by atoms with van der Waals surface area (Å²) < 4.78 is 2.04. The molecule has 5 heteroatoms. The monoisotopic (exact) mass is 395 g/mol. The fourth-order valence-corrected chi connectivity index (χ4v) is 4.12. The molecule has 0 saturated heterocycles. The molecule has 5 nitrogen and oxygen atoms in total. The molecule has 0 radical (unpaired) electrons. The van der Waals surface area contributed by atoms with Crippen molar-refractivity contribution in [3.05, 3.63) is 59.9 Å². The number of carbonyl (C=O) groups excluding carboxylic acids is 2. The Morgan fingerprint density at radius 3 is 2.34 bits per heavy atom. The van der Waals surface area contributed by atoms with Gasteiger partial charge in [-0.05, 0) is 37.0 Å². The van der Waals surface area contributed by atoms with Gasteiger partial charge in [0.25, 0.3) is 0 Å². The zero-order chi connectivity index (χ0) is 20.6. The summed E-state index contributed by atoms with van der Waals surface area (Å²) in [5, 5.41) is 0. The van der Waals surface area contributed by atoms with E-state index in [1.165, 1.54) is 0 Å². The van der Waals surface area contributed by atoms with Crippen LogP contribution in [0.4, 0.5) is 0 Å². The maximum Gasteiger partial charge on any atom is 0.242 e. The van der Waals surface area contributed by atoms with E-state index in [4.69, 9.17) is 0 Å². The minimum Gasteiger partial charge on any atom is -0.353 e. The van der Waals surface area contributed by atoms with E-state index >= 15 is 0 Å². The summed E-state index contributed by atoms with van der Waals surface area (Å²) in [4.78, 5) is 29.9. The Hall–Kier alpha value is -2.56. The van der Waals surface area contributed by atoms with Gasteiger partial charge in [0, 0.05) is 37.9 Å². The van der Waals surface area contributed by atoms with E-state index in [0.717, 1.165) is 43.4 Å². The van der Waals surface area contributed by atoms with Crippen molar-refractivity contribution in [2.45, 2.75) is 52.1 Å². The van der Waals surface area contributed by atoms with Gasteiger partial charge >= 0.3 is 0 Å². The summed E-state index contributed by atoms with van der Waals surface area (Å²) in [6, 6.07) is 14.1. The Kier molecular flexibility index (Phi) is 7.50. The molecule has 1 aliphatic carbocycles. The van der Waals surface area contributed by atoms with Crippen LogP contribution in [0.5, 0.6) is 0 Å². The van der Waals surface area contributed by atoms with Crippen LogP contribution >= 0.6 is 0 Å². The molecule has 2 aromatic rings. The molecule has 1 aliphatic rings. The predicted molar refractivity (Wildman–Crippen MR) is 115 cm³/mol. The number of benzene rings is 1. The molecule has 1 aromatic carbocycles. The second-order valence-electron chi connectivity index (χ2n) is 8.09. The summed E-state index contributed by atoms with van der Waals surface area (Å²) in [6.45, 7) is 3.95. The van der Waals surface area contributed by atoms with Gasteiger partial charge in [-0.15, -0.1) is 0 Å². The Labute approximate surface area is 174 Å². The maximum atomic E-state index is 13.3. The van der Waals surface area contributed by atoms with Crippen LogP contribution in [0.1, 0.15) is 50.3 Å². The zero-order valence-corrected chi connectivity index (χ0v) is 17.7. The summed E-state index contributed by atoms with van der Waals surface area (Å²) in [6.07, 6.45) is 7.03. The number of nitrogens with zero attached hydrogens (tertiary/aromatic N) is 3. The quantitative estimate of drug-likeness (QED) is 0.645. The highest BCUT2D eigenvalue weighted by Crippen LogP contribution is 2.26. The lowest BCUT2D eigenvalue weighted by Gasteiger charge is -2.29. The molecule has 0 spiro atoms. The van der Waals surface area contributed by atoms with E-state index in [0.29, 0.717) is 19.6 Å². The smallest absolute Gasteiger partial charge is 0.242 e. The maximum absolute atomic E-state index is 13.3. The van der Waals surface area contributed by atoms with Crippen LogP contribution in [0.15, 0.2) is 48.7 Å². The molecule has 0 aliphatic heterocycles. The largest absolute Gasteiger partial charge is 0.353 e.